The van der Waals surface area contributed by atoms with Crippen LogP contribution in [-0.2, 0) is 14.3 Å². The number of carbonyl (C=O) groups is 2. The van der Waals surface area contributed by atoms with Gasteiger partial charge in [0, 0.05) is 55.8 Å². The summed E-state index contributed by atoms with van der Waals surface area (Å²) in [6, 6.07) is 1.76. The van der Waals surface area contributed by atoms with E-state index in [9.17, 15) is 14.0 Å². The predicted molar refractivity (Wildman–Crippen MR) is 130 cm³/mol. The Bertz CT molecular complexity index is 1200. The Hall–Kier alpha value is -3.27. The van der Waals surface area contributed by atoms with Crippen molar-refractivity contribution in [1.29, 1.82) is 0 Å². The van der Waals surface area contributed by atoms with Crippen molar-refractivity contribution in [2.24, 2.45) is 5.92 Å². The average molecular weight is 503 g/mol. The number of hydrogen-bond donors (Lipinski definition) is 2. The second kappa shape index (κ2) is 11.4. The number of anilines is 1. The molecule has 1 saturated heterocycles. The molecule has 0 aliphatic carbocycles. The zero-order chi connectivity index (χ0) is 24.8. The van der Waals surface area contributed by atoms with Crippen LogP contribution < -0.4 is 5.32 Å². The van der Waals surface area contributed by atoms with E-state index in [4.69, 9.17) is 16.3 Å². The van der Waals surface area contributed by atoms with Crippen LogP contribution in [0.1, 0.15) is 39.0 Å². The van der Waals surface area contributed by atoms with Gasteiger partial charge in [-0.2, -0.15) is 0 Å². The van der Waals surface area contributed by atoms with Crippen molar-refractivity contribution in [3.05, 3.63) is 35.5 Å². The number of aromatic amines is 1. The maximum atomic E-state index is 14.5. The molecule has 1 atom stereocenters. The van der Waals surface area contributed by atoms with Gasteiger partial charge in [-0.05, 0) is 38.2 Å². The van der Waals surface area contributed by atoms with Crippen molar-refractivity contribution in [3.8, 4) is 11.4 Å². The molecule has 9 nitrogen and oxygen atoms in total. The summed E-state index contributed by atoms with van der Waals surface area (Å²) in [6.45, 7) is 3.85. The fourth-order valence-corrected chi connectivity index (χ4v) is 4.42. The molecule has 0 spiro atoms. The van der Waals surface area contributed by atoms with Crippen LogP contribution in [0.2, 0.25) is 5.02 Å². The Morgan fingerprint density at radius 2 is 2.17 bits per heavy atom. The SMILES string of the molecule is CCOC(=O)CCCC(=O)N1CCC[C@@H](CNc2nc(-c3c[nH]c4ncc(Cl)cc34)ncc2F)C1. The number of likely N-dealkylation sites (tertiary alicyclic amines) is 1. The highest BCUT2D eigenvalue weighted by atomic mass is 35.5. The molecule has 0 bridgehead atoms. The average Bonchev–Trinajstić information content (AvgIpc) is 3.27. The highest BCUT2D eigenvalue weighted by Crippen LogP contribution is 2.28. The monoisotopic (exact) mass is 502 g/mol. The number of piperidine rings is 1. The Balaban J connectivity index is 1.35. The fraction of sp³-hybridized carbons (Fsp3) is 0.458. The van der Waals surface area contributed by atoms with Gasteiger partial charge < -0.3 is 19.9 Å². The molecule has 0 saturated carbocycles. The smallest absolute Gasteiger partial charge is 0.305 e. The van der Waals surface area contributed by atoms with E-state index in [1.54, 1.807) is 25.4 Å². The molecule has 3 aromatic heterocycles. The molecule has 1 amide bonds. The predicted octanol–water partition coefficient (Wildman–Crippen LogP) is 4.20. The Kier molecular flexibility index (Phi) is 8.12. The summed E-state index contributed by atoms with van der Waals surface area (Å²) in [5.41, 5.74) is 1.32. The van der Waals surface area contributed by atoms with E-state index in [0.717, 1.165) is 24.4 Å². The summed E-state index contributed by atoms with van der Waals surface area (Å²) in [5, 5.41) is 4.33. The van der Waals surface area contributed by atoms with E-state index in [1.165, 1.54) is 0 Å². The first kappa shape index (κ1) is 24.8. The molecule has 0 aromatic carbocycles. The van der Waals surface area contributed by atoms with E-state index in [1.807, 2.05) is 4.90 Å². The van der Waals surface area contributed by atoms with Crippen LogP contribution in [0, 0.1) is 11.7 Å². The molecule has 4 rings (SSSR count). The van der Waals surface area contributed by atoms with Gasteiger partial charge >= 0.3 is 5.97 Å². The minimum absolute atomic E-state index is 0.0288. The Morgan fingerprint density at radius 3 is 3.00 bits per heavy atom. The molecule has 4 heterocycles. The highest BCUT2D eigenvalue weighted by molar-refractivity contribution is 6.31. The van der Waals surface area contributed by atoms with Gasteiger partial charge in [0.05, 0.1) is 17.8 Å². The van der Waals surface area contributed by atoms with E-state index < -0.39 is 5.82 Å². The van der Waals surface area contributed by atoms with Crippen LogP contribution in [0.15, 0.2) is 24.7 Å². The van der Waals surface area contributed by atoms with Crippen molar-refractivity contribution in [1.82, 2.24) is 24.8 Å². The third-order valence-electron chi connectivity index (χ3n) is 5.99. The number of nitrogens with one attached hydrogen (secondary N) is 2. The van der Waals surface area contributed by atoms with Gasteiger partial charge in [-0.15, -0.1) is 0 Å². The number of nitrogens with zero attached hydrogens (tertiary/aromatic N) is 4. The summed E-state index contributed by atoms with van der Waals surface area (Å²) >= 11 is 6.08. The molecule has 2 N–H and O–H groups in total. The van der Waals surface area contributed by atoms with Crippen molar-refractivity contribution >= 4 is 40.3 Å². The van der Waals surface area contributed by atoms with Gasteiger partial charge in [0.2, 0.25) is 5.91 Å². The van der Waals surface area contributed by atoms with Crippen molar-refractivity contribution in [2.75, 3.05) is 31.6 Å². The Morgan fingerprint density at radius 1 is 1.31 bits per heavy atom. The van der Waals surface area contributed by atoms with Gasteiger partial charge in [-0.3, -0.25) is 9.59 Å². The normalized spacial score (nSPS) is 15.9. The molecule has 11 heteroatoms. The highest BCUT2D eigenvalue weighted by Gasteiger charge is 2.24. The molecule has 3 aromatic rings. The minimum atomic E-state index is -0.549. The molecule has 1 fully saturated rings. The van der Waals surface area contributed by atoms with E-state index in [0.29, 0.717) is 61.1 Å². The van der Waals surface area contributed by atoms with Crippen LogP contribution >= 0.6 is 11.6 Å². The second-order valence-electron chi connectivity index (χ2n) is 8.53. The van der Waals surface area contributed by atoms with Crippen molar-refractivity contribution in [3.63, 3.8) is 0 Å². The number of H-pyrrole nitrogens is 1. The lowest BCUT2D eigenvalue weighted by atomic mass is 9.97. The summed E-state index contributed by atoms with van der Waals surface area (Å²) in [7, 11) is 0. The minimum Gasteiger partial charge on any atom is -0.466 e. The molecule has 1 aliphatic rings. The van der Waals surface area contributed by atoms with Gasteiger partial charge in [0.1, 0.15) is 5.65 Å². The van der Waals surface area contributed by atoms with E-state index >= 15 is 0 Å². The second-order valence-corrected chi connectivity index (χ2v) is 8.97. The van der Waals surface area contributed by atoms with Crippen LogP contribution in [0.25, 0.3) is 22.4 Å². The lowest BCUT2D eigenvalue weighted by molar-refractivity contribution is -0.143. The molecule has 0 radical (unpaired) electrons. The quantitative estimate of drug-likeness (QED) is 0.421. The summed E-state index contributed by atoms with van der Waals surface area (Å²) in [4.78, 5) is 41.7. The van der Waals surface area contributed by atoms with Crippen LogP contribution in [0.5, 0.6) is 0 Å². The molecular weight excluding hydrogens is 475 g/mol. The number of amides is 1. The first-order valence-electron chi connectivity index (χ1n) is 11.8. The molecular formula is C24H28ClFN6O3. The van der Waals surface area contributed by atoms with Crippen LogP contribution in [0.4, 0.5) is 10.2 Å². The molecule has 186 valence electrons. The van der Waals surface area contributed by atoms with Crippen molar-refractivity contribution in [2.45, 2.75) is 39.0 Å². The number of pyridine rings is 1. The maximum Gasteiger partial charge on any atom is 0.305 e. The largest absolute Gasteiger partial charge is 0.466 e. The molecule has 1 aliphatic heterocycles. The van der Waals surface area contributed by atoms with Crippen LogP contribution in [-0.4, -0.2) is 63.0 Å². The summed E-state index contributed by atoms with van der Waals surface area (Å²) in [6.07, 6.45) is 7.22. The van der Waals surface area contributed by atoms with E-state index in [-0.39, 0.29) is 30.0 Å². The van der Waals surface area contributed by atoms with Crippen molar-refractivity contribution < 1.29 is 18.7 Å². The number of ether oxygens (including phenoxy) is 1. The summed E-state index contributed by atoms with van der Waals surface area (Å²) in [5.74, 6) is -0.178. The third-order valence-corrected chi connectivity index (χ3v) is 6.20. The summed E-state index contributed by atoms with van der Waals surface area (Å²) < 4.78 is 19.4. The van der Waals surface area contributed by atoms with E-state index in [2.05, 4.69) is 25.3 Å². The number of fused-ring (bicyclic) bond motifs is 1. The van der Waals surface area contributed by atoms with Gasteiger partial charge in [-0.1, -0.05) is 11.6 Å². The first-order chi connectivity index (χ1) is 16.9. The number of halogens is 2. The topological polar surface area (TPSA) is 113 Å². The molecule has 0 unspecified atom stereocenters. The molecule has 35 heavy (non-hydrogen) atoms. The zero-order valence-electron chi connectivity index (χ0n) is 19.5. The lowest BCUT2D eigenvalue weighted by Crippen LogP contribution is -2.41. The number of carbonyl (C=O) groups excluding carboxylic acids is 2. The van der Waals surface area contributed by atoms with Gasteiger partial charge in [0.25, 0.3) is 0 Å². The number of esters is 1. The number of aromatic nitrogens is 4. The van der Waals surface area contributed by atoms with Crippen LogP contribution in [0.3, 0.4) is 0 Å². The third kappa shape index (κ3) is 6.25. The fourth-order valence-electron chi connectivity index (χ4n) is 4.26. The number of rotatable bonds is 9. The number of hydrogen-bond acceptors (Lipinski definition) is 7. The lowest BCUT2D eigenvalue weighted by Gasteiger charge is -2.33. The zero-order valence-corrected chi connectivity index (χ0v) is 20.3. The first-order valence-corrected chi connectivity index (χ1v) is 12.1. The standard InChI is InChI=1S/C24H28ClFN6O3/c1-2-35-21(34)7-3-6-20(33)32-8-4-5-15(14-32)10-27-24-19(26)13-30-23(31-24)18-12-29-22-17(18)9-16(25)11-28-22/h9,11-13,15H,2-8,10,14H2,1H3,(H,28,29)(H,27,30,31)/t15-/m0/s1. The maximum absolute atomic E-state index is 14.5. The Labute approximate surface area is 207 Å². The van der Waals surface area contributed by atoms with Gasteiger partial charge in [0.15, 0.2) is 17.5 Å². The van der Waals surface area contributed by atoms with Gasteiger partial charge in [-0.25, -0.2) is 19.3 Å².